The van der Waals surface area contributed by atoms with Gasteiger partial charge in [0.25, 0.3) is 0 Å². The molecule has 3 fully saturated rings. The Morgan fingerprint density at radius 2 is 1.68 bits per heavy atom. The highest BCUT2D eigenvalue weighted by Crippen LogP contribution is 2.42. The number of morpholine rings is 1. The lowest BCUT2D eigenvalue weighted by Crippen LogP contribution is -2.51. The van der Waals surface area contributed by atoms with E-state index in [-0.39, 0.29) is 5.91 Å². The van der Waals surface area contributed by atoms with Crippen molar-refractivity contribution >= 4 is 33.3 Å². The molecule has 1 amide bonds. The highest BCUT2D eigenvalue weighted by atomic mass is 32.1. The molecule has 4 heterocycles. The lowest BCUT2D eigenvalue weighted by molar-refractivity contribution is -0.136. The van der Waals surface area contributed by atoms with E-state index in [1.54, 1.807) is 4.88 Å². The number of aromatic nitrogens is 2. The van der Waals surface area contributed by atoms with Gasteiger partial charge in [-0.05, 0) is 44.1 Å². The molecular weight excluding hydrogens is 446 g/mol. The van der Waals surface area contributed by atoms with E-state index in [4.69, 9.17) is 14.7 Å². The first-order valence-electron chi connectivity index (χ1n) is 13.4. The summed E-state index contributed by atoms with van der Waals surface area (Å²) in [6.07, 6.45) is 11.4. The Labute approximate surface area is 206 Å². The van der Waals surface area contributed by atoms with Crippen LogP contribution < -0.4 is 4.90 Å². The molecule has 0 atom stereocenters. The second-order valence-electron chi connectivity index (χ2n) is 10.4. The van der Waals surface area contributed by atoms with E-state index in [1.807, 2.05) is 16.2 Å². The molecule has 0 radical (unpaired) electrons. The van der Waals surface area contributed by atoms with Gasteiger partial charge >= 0.3 is 0 Å². The predicted octanol–water partition coefficient (Wildman–Crippen LogP) is 3.60. The van der Waals surface area contributed by atoms with Crippen LogP contribution in [0.3, 0.4) is 0 Å². The predicted molar refractivity (Wildman–Crippen MR) is 136 cm³/mol. The fourth-order valence-electron chi connectivity index (χ4n) is 6.15. The largest absolute Gasteiger partial charge is 0.378 e. The van der Waals surface area contributed by atoms with Crippen molar-refractivity contribution in [2.24, 2.45) is 0 Å². The second kappa shape index (κ2) is 10.1. The number of nitrogens with zero attached hydrogens (tertiary/aromatic N) is 5. The smallest absolute Gasteiger partial charge is 0.236 e. The number of fused-ring (bicyclic) bond motifs is 3. The minimum absolute atomic E-state index is 0.243. The van der Waals surface area contributed by atoms with Crippen LogP contribution in [-0.2, 0) is 22.4 Å². The van der Waals surface area contributed by atoms with Crippen molar-refractivity contribution in [1.29, 1.82) is 0 Å². The Balaban J connectivity index is 1.23. The molecule has 2 aromatic rings. The van der Waals surface area contributed by atoms with E-state index in [1.165, 1.54) is 79.4 Å². The van der Waals surface area contributed by atoms with Gasteiger partial charge in [0.05, 0.1) is 25.1 Å². The number of carbonyl (C=O) groups is 1. The molecule has 2 aliphatic carbocycles. The molecule has 6 rings (SSSR count). The van der Waals surface area contributed by atoms with Crippen molar-refractivity contribution in [2.75, 3.05) is 63.9 Å². The minimum atomic E-state index is 0.243. The van der Waals surface area contributed by atoms with Crippen molar-refractivity contribution in [2.45, 2.75) is 63.7 Å². The number of rotatable bonds is 4. The highest BCUT2D eigenvalue weighted by Gasteiger charge is 2.29. The number of piperazine rings is 1. The normalized spacial score (nSPS) is 22.8. The van der Waals surface area contributed by atoms with Crippen LogP contribution in [0, 0.1) is 0 Å². The summed E-state index contributed by atoms with van der Waals surface area (Å²) in [6, 6.07) is 0. The molecule has 2 saturated heterocycles. The van der Waals surface area contributed by atoms with Crippen molar-refractivity contribution in [3.63, 3.8) is 0 Å². The van der Waals surface area contributed by atoms with Gasteiger partial charge in [-0.25, -0.2) is 9.97 Å². The van der Waals surface area contributed by atoms with Gasteiger partial charge < -0.3 is 14.5 Å². The summed E-state index contributed by atoms with van der Waals surface area (Å²) in [5, 5.41) is 1.34. The molecule has 7 nitrogen and oxygen atoms in total. The topological polar surface area (TPSA) is 61.8 Å². The summed E-state index contributed by atoms with van der Waals surface area (Å²) in [7, 11) is 0. The van der Waals surface area contributed by atoms with Crippen LogP contribution in [0.4, 0.5) is 5.82 Å². The SMILES string of the molecule is O=C(CN1CCN(c2nc(C3CCCCC3)nc3sc4c(c23)CCCC4)CC1)N1CCOCC1. The van der Waals surface area contributed by atoms with Crippen molar-refractivity contribution in [1.82, 2.24) is 19.8 Å². The van der Waals surface area contributed by atoms with Crippen LogP contribution in [-0.4, -0.2) is 84.7 Å². The lowest BCUT2D eigenvalue weighted by atomic mass is 9.88. The van der Waals surface area contributed by atoms with Crippen molar-refractivity contribution in [3.05, 3.63) is 16.3 Å². The van der Waals surface area contributed by atoms with E-state index in [0.717, 1.165) is 45.1 Å². The molecule has 184 valence electrons. The Morgan fingerprint density at radius 3 is 2.47 bits per heavy atom. The zero-order valence-electron chi connectivity index (χ0n) is 20.3. The van der Waals surface area contributed by atoms with E-state index >= 15 is 0 Å². The van der Waals surface area contributed by atoms with Crippen molar-refractivity contribution in [3.8, 4) is 0 Å². The molecule has 34 heavy (non-hydrogen) atoms. The maximum Gasteiger partial charge on any atom is 0.236 e. The number of amides is 1. The van der Waals surface area contributed by atoms with Crippen LogP contribution in [0.2, 0.25) is 0 Å². The first-order valence-corrected chi connectivity index (χ1v) is 14.2. The lowest BCUT2D eigenvalue weighted by Gasteiger charge is -2.37. The average molecular weight is 484 g/mol. The number of aryl methyl sites for hydroxylation is 2. The van der Waals surface area contributed by atoms with E-state index < -0.39 is 0 Å². The third-order valence-electron chi connectivity index (χ3n) is 8.18. The van der Waals surface area contributed by atoms with Gasteiger partial charge in [-0.3, -0.25) is 9.69 Å². The highest BCUT2D eigenvalue weighted by molar-refractivity contribution is 7.19. The Bertz CT molecular complexity index is 1020. The number of carbonyl (C=O) groups excluding carboxylic acids is 1. The molecule has 4 aliphatic rings. The fraction of sp³-hybridized carbons (Fsp3) is 0.731. The van der Waals surface area contributed by atoms with Crippen LogP contribution in [0.25, 0.3) is 10.2 Å². The summed E-state index contributed by atoms with van der Waals surface area (Å²) in [4.78, 5) is 32.8. The third-order valence-corrected chi connectivity index (χ3v) is 9.36. The molecular formula is C26H37N5O2S. The molecule has 1 saturated carbocycles. The van der Waals surface area contributed by atoms with Crippen LogP contribution in [0.15, 0.2) is 0 Å². The first-order chi connectivity index (χ1) is 16.8. The van der Waals surface area contributed by atoms with Gasteiger partial charge in [-0.2, -0.15) is 0 Å². The molecule has 0 spiro atoms. The van der Waals surface area contributed by atoms with E-state index in [0.29, 0.717) is 25.7 Å². The molecule has 8 heteroatoms. The number of hydrogen-bond donors (Lipinski definition) is 0. The van der Waals surface area contributed by atoms with Crippen molar-refractivity contribution < 1.29 is 9.53 Å². The zero-order chi connectivity index (χ0) is 22.9. The number of anilines is 1. The second-order valence-corrected chi connectivity index (χ2v) is 11.5. The van der Waals surface area contributed by atoms with E-state index in [2.05, 4.69) is 9.80 Å². The number of ether oxygens (including phenoxy) is 1. The van der Waals surface area contributed by atoms with Crippen LogP contribution >= 0.6 is 11.3 Å². The first kappa shape index (κ1) is 22.7. The Hall–Kier alpha value is -1.77. The van der Waals surface area contributed by atoms with Gasteiger partial charge in [0.2, 0.25) is 5.91 Å². The number of thiophene rings is 1. The zero-order valence-corrected chi connectivity index (χ0v) is 21.1. The van der Waals surface area contributed by atoms with Gasteiger partial charge in [0.1, 0.15) is 16.5 Å². The summed E-state index contributed by atoms with van der Waals surface area (Å²) >= 11 is 1.93. The monoisotopic (exact) mass is 483 g/mol. The van der Waals surface area contributed by atoms with Crippen LogP contribution in [0.1, 0.15) is 67.1 Å². The van der Waals surface area contributed by atoms with Gasteiger partial charge in [-0.1, -0.05) is 19.3 Å². The maximum absolute atomic E-state index is 12.7. The molecule has 2 aromatic heterocycles. The Kier molecular flexibility index (Phi) is 6.72. The fourth-order valence-corrected chi connectivity index (χ4v) is 7.41. The summed E-state index contributed by atoms with van der Waals surface area (Å²) in [6.45, 7) is 6.98. The van der Waals surface area contributed by atoms with Gasteiger partial charge in [0.15, 0.2) is 0 Å². The van der Waals surface area contributed by atoms with Gasteiger partial charge in [0, 0.05) is 50.1 Å². The summed E-state index contributed by atoms with van der Waals surface area (Å²) in [5.41, 5.74) is 1.53. The third kappa shape index (κ3) is 4.56. The molecule has 0 aromatic carbocycles. The van der Waals surface area contributed by atoms with E-state index in [9.17, 15) is 4.79 Å². The maximum atomic E-state index is 12.7. The Morgan fingerprint density at radius 1 is 0.912 bits per heavy atom. The summed E-state index contributed by atoms with van der Waals surface area (Å²) < 4.78 is 5.40. The van der Waals surface area contributed by atoms with Gasteiger partial charge in [-0.15, -0.1) is 11.3 Å². The molecule has 2 aliphatic heterocycles. The quantitative estimate of drug-likeness (QED) is 0.662. The average Bonchev–Trinajstić information content (AvgIpc) is 3.28. The molecule has 0 N–H and O–H groups in total. The summed E-state index contributed by atoms with van der Waals surface area (Å²) in [5.74, 6) is 3.03. The standard InChI is InChI=1S/C26H37N5O2S/c32-22(30-14-16-33-17-15-30)18-29-10-12-31(13-11-29)25-23-20-8-4-5-9-21(20)34-26(23)28-24(27-25)19-6-2-1-3-7-19/h19H,1-18H2. The minimum Gasteiger partial charge on any atom is -0.378 e. The van der Waals surface area contributed by atoms with Crippen LogP contribution in [0.5, 0.6) is 0 Å². The molecule has 0 unspecified atom stereocenters. The molecule has 0 bridgehead atoms. The number of hydrogen-bond acceptors (Lipinski definition) is 7.